The van der Waals surface area contributed by atoms with E-state index in [1.807, 2.05) is 6.92 Å². The highest BCUT2D eigenvalue weighted by Gasteiger charge is 2.50. The van der Waals surface area contributed by atoms with Gasteiger partial charge >= 0.3 is 0 Å². The van der Waals surface area contributed by atoms with Gasteiger partial charge in [0.15, 0.2) is 0 Å². The number of hydrogen-bond donors (Lipinski definition) is 1. The van der Waals surface area contributed by atoms with Crippen molar-refractivity contribution in [1.82, 2.24) is 4.90 Å². The fraction of sp³-hybridized carbons (Fsp3) is 0.500. The third kappa shape index (κ3) is 2.93. The standard InChI is InChI=1S/C18H21ClN2O3/c1-10-9-12(19)7-8-15(10)20-16(22)11(2)21-17(23)13-5-3-4-6-14(13)18(21)24/h7-9,11,13-14H,3-6H2,1-2H3,(H,20,22). The van der Waals surface area contributed by atoms with Gasteiger partial charge in [0.05, 0.1) is 11.8 Å². The molecule has 1 saturated carbocycles. The van der Waals surface area contributed by atoms with E-state index in [-0.39, 0.29) is 29.6 Å². The number of benzene rings is 1. The van der Waals surface area contributed by atoms with Gasteiger partial charge in [-0.2, -0.15) is 0 Å². The number of anilines is 1. The van der Waals surface area contributed by atoms with Crippen molar-refractivity contribution < 1.29 is 14.4 Å². The molecule has 1 aliphatic carbocycles. The van der Waals surface area contributed by atoms with Gasteiger partial charge < -0.3 is 5.32 Å². The molecule has 0 aromatic heterocycles. The van der Waals surface area contributed by atoms with Gasteiger partial charge in [-0.15, -0.1) is 0 Å². The first-order valence-corrected chi connectivity index (χ1v) is 8.72. The molecule has 1 aromatic rings. The summed E-state index contributed by atoms with van der Waals surface area (Å²) in [6.45, 7) is 3.45. The van der Waals surface area contributed by atoms with Crippen LogP contribution in [0, 0.1) is 18.8 Å². The molecule has 6 heteroatoms. The Morgan fingerprint density at radius 3 is 2.33 bits per heavy atom. The molecule has 3 atom stereocenters. The Hall–Kier alpha value is -1.88. The highest BCUT2D eigenvalue weighted by atomic mass is 35.5. The molecule has 3 amide bonds. The van der Waals surface area contributed by atoms with Crippen molar-refractivity contribution in [3.8, 4) is 0 Å². The number of carbonyl (C=O) groups excluding carboxylic acids is 3. The van der Waals surface area contributed by atoms with Gasteiger partial charge in [-0.1, -0.05) is 24.4 Å². The second kappa shape index (κ2) is 6.55. The summed E-state index contributed by atoms with van der Waals surface area (Å²) in [5.74, 6) is -1.22. The van der Waals surface area contributed by atoms with Gasteiger partial charge in [0.25, 0.3) is 0 Å². The van der Waals surface area contributed by atoms with Crippen LogP contribution in [0.1, 0.15) is 38.2 Å². The van der Waals surface area contributed by atoms with E-state index in [0.29, 0.717) is 10.7 Å². The normalized spacial score (nSPS) is 24.7. The van der Waals surface area contributed by atoms with Crippen molar-refractivity contribution in [3.05, 3.63) is 28.8 Å². The third-order valence-electron chi connectivity index (χ3n) is 5.09. The third-order valence-corrected chi connectivity index (χ3v) is 5.32. The lowest BCUT2D eigenvalue weighted by molar-refractivity contribution is -0.146. The Kier molecular flexibility index (Phi) is 4.63. The predicted molar refractivity (Wildman–Crippen MR) is 91.6 cm³/mol. The first kappa shape index (κ1) is 17.0. The molecule has 1 saturated heterocycles. The molecule has 0 spiro atoms. The van der Waals surface area contributed by atoms with Crippen LogP contribution in [0.25, 0.3) is 0 Å². The summed E-state index contributed by atoms with van der Waals surface area (Å²) in [6.07, 6.45) is 3.43. The number of aryl methyl sites for hydroxylation is 1. The zero-order valence-corrected chi connectivity index (χ0v) is 14.6. The average Bonchev–Trinajstić information content (AvgIpc) is 2.81. The molecule has 1 aliphatic heterocycles. The molecule has 3 unspecified atom stereocenters. The van der Waals surface area contributed by atoms with Crippen LogP contribution in [-0.4, -0.2) is 28.7 Å². The van der Waals surface area contributed by atoms with Crippen molar-refractivity contribution >= 4 is 35.0 Å². The maximum Gasteiger partial charge on any atom is 0.247 e. The number of hydrogen-bond acceptors (Lipinski definition) is 3. The van der Waals surface area contributed by atoms with Crippen molar-refractivity contribution in [2.75, 3.05) is 5.32 Å². The van der Waals surface area contributed by atoms with Gasteiger partial charge in [-0.05, 0) is 50.5 Å². The number of carbonyl (C=O) groups is 3. The fourth-order valence-corrected chi connectivity index (χ4v) is 3.92. The first-order chi connectivity index (χ1) is 11.4. The van der Waals surface area contributed by atoms with Crippen LogP contribution in [0.2, 0.25) is 5.02 Å². The number of likely N-dealkylation sites (tertiary alicyclic amines) is 1. The van der Waals surface area contributed by atoms with Gasteiger partial charge in [0.2, 0.25) is 17.7 Å². The summed E-state index contributed by atoms with van der Waals surface area (Å²) in [6, 6.07) is 4.35. The van der Waals surface area contributed by atoms with E-state index < -0.39 is 6.04 Å². The minimum atomic E-state index is -0.814. The van der Waals surface area contributed by atoms with Gasteiger partial charge in [-0.25, -0.2) is 0 Å². The van der Waals surface area contributed by atoms with E-state index >= 15 is 0 Å². The van der Waals surface area contributed by atoms with Crippen molar-refractivity contribution in [1.29, 1.82) is 0 Å². The number of fused-ring (bicyclic) bond motifs is 1. The Labute approximate surface area is 146 Å². The minimum absolute atomic E-state index is 0.194. The number of imide groups is 1. The predicted octanol–water partition coefficient (Wildman–Crippen LogP) is 3.15. The second-order valence-corrected chi connectivity index (χ2v) is 7.10. The molecular formula is C18H21ClN2O3. The Balaban J connectivity index is 1.75. The minimum Gasteiger partial charge on any atom is -0.324 e. The average molecular weight is 349 g/mol. The maximum atomic E-state index is 12.6. The Morgan fingerprint density at radius 1 is 1.21 bits per heavy atom. The topological polar surface area (TPSA) is 66.5 Å². The van der Waals surface area contributed by atoms with Crippen LogP contribution in [-0.2, 0) is 14.4 Å². The number of amides is 3. The summed E-state index contributed by atoms with van der Waals surface area (Å²) in [7, 11) is 0. The zero-order chi connectivity index (χ0) is 17.4. The summed E-state index contributed by atoms with van der Waals surface area (Å²) in [5, 5.41) is 3.38. The molecule has 1 heterocycles. The monoisotopic (exact) mass is 348 g/mol. The van der Waals surface area contributed by atoms with Gasteiger partial charge in [-0.3, -0.25) is 19.3 Å². The molecule has 1 aromatic carbocycles. The maximum absolute atomic E-state index is 12.6. The molecule has 2 fully saturated rings. The van der Waals surface area contributed by atoms with Crippen LogP contribution < -0.4 is 5.32 Å². The zero-order valence-electron chi connectivity index (χ0n) is 13.8. The summed E-state index contributed by atoms with van der Waals surface area (Å²) in [5.41, 5.74) is 1.46. The molecule has 5 nitrogen and oxygen atoms in total. The fourth-order valence-electron chi connectivity index (χ4n) is 3.69. The highest BCUT2D eigenvalue weighted by molar-refractivity contribution is 6.30. The van der Waals surface area contributed by atoms with E-state index in [9.17, 15) is 14.4 Å². The molecule has 0 bridgehead atoms. The quantitative estimate of drug-likeness (QED) is 0.853. The van der Waals surface area contributed by atoms with Crippen LogP contribution in [0.5, 0.6) is 0 Å². The molecular weight excluding hydrogens is 328 g/mol. The molecule has 1 N–H and O–H groups in total. The van der Waals surface area contributed by atoms with E-state index in [1.165, 1.54) is 4.90 Å². The number of halogens is 1. The van der Waals surface area contributed by atoms with E-state index in [2.05, 4.69) is 5.32 Å². The lowest BCUT2D eigenvalue weighted by Crippen LogP contribution is -2.46. The van der Waals surface area contributed by atoms with Crippen LogP contribution in [0.4, 0.5) is 5.69 Å². The smallest absolute Gasteiger partial charge is 0.247 e. The van der Waals surface area contributed by atoms with E-state index in [1.54, 1.807) is 25.1 Å². The van der Waals surface area contributed by atoms with Crippen LogP contribution in [0.15, 0.2) is 18.2 Å². The van der Waals surface area contributed by atoms with Crippen molar-refractivity contribution in [2.45, 2.75) is 45.6 Å². The summed E-state index contributed by atoms with van der Waals surface area (Å²) >= 11 is 5.92. The van der Waals surface area contributed by atoms with Gasteiger partial charge in [0.1, 0.15) is 6.04 Å². The van der Waals surface area contributed by atoms with E-state index in [0.717, 1.165) is 31.2 Å². The number of nitrogens with zero attached hydrogens (tertiary/aromatic N) is 1. The van der Waals surface area contributed by atoms with Crippen molar-refractivity contribution in [2.24, 2.45) is 11.8 Å². The lowest BCUT2D eigenvalue weighted by Gasteiger charge is -2.22. The first-order valence-electron chi connectivity index (χ1n) is 8.34. The largest absolute Gasteiger partial charge is 0.324 e. The van der Waals surface area contributed by atoms with E-state index in [4.69, 9.17) is 11.6 Å². The molecule has 0 radical (unpaired) electrons. The van der Waals surface area contributed by atoms with Crippen molar-refractivity contribution in [3.63, 3.8) is 0 Å². The second-order valence-electron chi connectivity index (χ2n) is 6.67. The van der Waals surface area contributed by atoms with Crippen LogP contribution >= 0.6 is 11.6 Å². The highest BCUT2D eigenvalue weighted by Crippen LogP contribution is 2.39. The number of rotatable bonds is 3. The molecule has 3 rings (SSSR count). The molecule has 128 valence electrons. The lowest BCUT2D eigenvalue weighted by atomic mass is 9.81. The Morgan fingerprint density at radius 2 is 1.79 bits per heavy atom. The molecule has 2 aliphatic rings. The number of nitrogens with one attached hydrogen (secondary N) is 1. The van der Waals surface area contributed by atoms with Crippen LogP contribution in [0.3, 0.4) is 0 Å². The SMILES string of the molecule is Cc1cc(Cl)ccc1NC(=O)C(C)N1C(=O)C2CCCCC2C1=O. The summed E-state index contributed by atoms with van der Waals surface area (Å²) < 4.78 is 0. The summed E-state index contributed by atoms with van der Waals surface area (Å²) in [4.78, 5) is 38.8. The van der Waals surface area contributed by atoms with Gasteiger partial charge in [0, 0.05) is 10.7 Å². The molecule has 24 heavy (non-hydrogen) atoms. The Bertz CT molecular complexity index is 680.